The van der Waals surface area contributed by atoms with E-state index in [0.29, 0.717) is 54.7 Å². The molecule has 1 aliphatic heterocycles. The van der Waals surface area contributed by atoms with Gasteiger partial charge in [-0.15, -0.1) is 10.2 Å². The van der Waals surface area contributed by atoms with Gasteiger partial charge in [-0.3, -0.25) is 5.32 Å². The minimum absolute atomic E-state index is 0.00584. The normalized spacial score (nSPS) is 13.2. The fraction of sp³-hybridized carbons (Fsp3) is 0.192. The smallest absolute Gasteiger partial charge is 0.349 e. The van der Waals surface area contributed by atoms with E-state index in [1.807, 2.05) is 17.0 Å². The van der Waals surface area contributed by atoms with Gasteiger partial charge >= 0.3 is 11.7 Å². The predicted molar refractivity (Wildman–Crippen MR) is 148 cm³/mol. The second kappa shape index (κ2) is 11.6. The number of benzene rings is 2. The Balaban J connectivity index is 1.26. The van der Waals surface area contributed by atoms with Crippen LogP contribution >= 0.6 is 11.8 Å². The maximum Gasteiger partial charge on any atom is 0.349 e. The number of aromatic nitrogens is 5. The molecule has 0 atom stereocenters. The van der Waals surface area contributed by atoms with Gasteiger partial charge in [0.15, 0.2) is 0 Å². The number of ether oxygens (including phenoxy) is 2. The first-order chi connectivity index (χ1) is 20.1. The molecule has 1 fully saturated rings. The molecule has 0 bridgehead atoms. The quantitative estimate of drug-likeness (QED) is 0.270. The van der Waals surface area contributed by atoms with E-state index in [4.69, 9.17) is 18.3 Å². The second-order valence-corrected chi connectivity index (χ2v) is 9.50. The average Bonchev–Trinajstić information content (AvgIpc) is 3.45. The van der Waals surface area contributed by atoms with Gasteiger partial charge in [0, 0.05) is 30.2 Å². The van der Waals surface area contributed by atoms with E-state index in [0.717, 1.165) is 11.8 Å². The van der Waals surface area contributed by atoms with Gasteiger partial charge in [-0.1, -0.05) is 30.3 Å². The van der Waals surface area contributed by atoms with Crippen molar-refractivity contribution in [2.24, 2.45) is 0 Å². The molecule has 0 aliphatic carbocycles. The molecule has 4 heterocycles. The second-order valence-electron chi connectivity index (χ2n) is 8.58. The van der Waals surface area contributed by atoms with Gasteiger partial charge in [-0.05, 0) is 24.3 Å². The minimum Gasteiger partial charge on any atom is -0.495 e. The molecule has 208 valence electrons. The molecule has 1 saturated heterocycles. The van der Waals surface area contributed by atoms with Crippen molar-refractivity contribution in [2.45, 2.75) is 10.4 Å². The summed E-state index contributed by atoms with van der Waals surface area (Å²) in [5, 5.41) is 14.4. The van der Waals surface area contributed by atoms with Crippen LogP contribution in [0.1, 0.15) is 0 Å². The Morgan fingerprint density at radius 1 is 0.976 bits per heavy atom. The van der Waals surface area contributed by atoms with Crippen LogP contribution in [0, 0.1) is 0 Å². The Labute approximate surface area is 236 Å². The fourth-order valence-corrected chi connectivity index (χ4v) is 4.62. The number of nitrogens with zero attached hydrogens (tertiary/aromatic N) is 6. The molecule has 15 heteroatoms. The van der Waals surface area contributed by atoms with Crippen LogP contribution in [0.4, 0.5) is 22.4 Å². The number of amides is 2. The lowest BCUT2D eigenvalue weighted by Gasteiger charge is -2.26. The third-order valence-corrected chi connectivity index (χ3v) is 6.64. The summed E-state index contributed by atoms with van der Waals surface area (Å²) in [6, 6.07) is 15.2. The summed E-state index contributed by atoms with van der Waals surface area (Å²) in [6.07, 6.45) is 0. The van der Waals surface area contributed by atoms with Crippen LogP contribution in [0.5, 0.6) is 5.75 Å². The van der Waals surface area contributed by atoms with E-state index in [2.05, 4.69) is 35.8 Å². The van der Waals surface area contributed by atoms with E-state index in [1.165, 1.54) is 7.11 Å². The van der Waals surface area contributed by atoms with Gasteiger partial charge in [0.1, 0.15) is 16.9 Å². The highest BCUT2D eigenvalue weighted by molar-refractivity contribution is 7.98. The van der Waals surface area contributed by atoms with E-state index in [9.17, 15) is 9.59 Å². The molecule has 41 heavy (non-hydrogen) atoms. The Bertz CT molecular complexity index is 1770. The number of nitrogens with one attached hydrogen (secondary N) is 2. The SMILES string of the molecule is COc1ccccc1NC(=O)Nc1nc(Sc2nnc(-c3cc4ccccc4oc3=O)o2)nc(N2CCOCC2)n1. The van der Waals surface area contributed by atoms with Crippen molar-refractivity contribution in [1.82, 2.24) is 25.1 Å². The van der Waals surface area contributed by atoms with Crippen molar-refractivity contribution >= 4 is 46.3 Å². The number of methoxy groups -OCH3 is 1. The molecule has 0 saturated carbocycles. The van der Waals surface area contributed by atoms with Crippen molar-refractivity contribution in [1.29, 1.82) is 0 Å². The van der Waals surface area contributed by atoms with Crippen molar-refractivity contribution in [3.63, 3.8) is 0 Å². The van der Waals surface area contributed by atoms with Gasteiger partial charge in [-0.25, -0.2) is 9.59 Å². The number of carbonyl (C=O) groups is 1. The van der Waals surface area contributed by atoms with Crippen molar-refractivity contribution < 1.29 is 23.1 Å². The van der Waals surface area contributed by atoms with Gasteiger partial charge in [0.2, 0.25) is 17.1 Å². The Hall–Kier alpha value is -5.02. The summed E-state index contributed by atoms with van der Waals surface area (Å²) in [7, 11) is 1.51. The van der Waals surface area contributed by atoms with E-state index in [1.54, 1.807) is 42.5 Å². The fourth-order valence-electron chi connectivity index (χ4n) is 4.00. The highest BCUT2D eigenvalue weighted by Gasteiger charge is 2.21. The zero-order valence-electron chi connectivity index (χ0n) is 21.6. The topological polar surface area (TPSA) is 171 Å². The minimum atomic E-state index is -0.605. The molecule has 1 aliphatic rings. The molecule has 0 spiro atoms. The lowest BCUT2D eigenvalue weighted by Crippen LogP contribution is -2.37. The van der Waals surface area contributed by atoms with Gasteiger partial charge < -0.3 is 28.5 Å². The zero-order valence-corrected chi connectivity index (χ0v) is 22.4. The Kier molecular flexibility index (Phi) is 7.42. The Morgan fingerprint density at radius 3 is 2.63 bits per heavy atom. The number of hydrogen-bond donors (Lipinski definition) is 2. The molecule has 0 radical (unpaired) electrons. The standard InChI is InChI=1S/C26H22N8O6S/c1-37-19-9-5-3-7-17(19)27-24(36)29-22-28-23(34-10-12-38-13-11-34)31-25(30-22)41-26-33-32-20(40-26)16-14-15-6-2-4-8-18(15)39-21(16)35/h2-9,14H,10-13H2,1H3,(H2,27,28,29,30,31,36). The number of carbonyl (C=O) groups excluding carboxylic acids is 1. The van der Waals surface area contributed by atoms with E-state index >= 15 is 0 Å². The maximum absolute atomic E-state index is 12.8. The Morgan fingerprint density at radius 2 is 1.78 bits per heavy atom. The monoisotopic (exact) mass is 574 g/mol. The summed E-state index contributed by atoms with van der Waals surface area (Å²) in [5.41, 5.74) is 0.446. The molecule has 6 rings (SSSR count). The molecule has 2 amide bonds. The number of para-hydroxylation sites is 3. The lowest BCUT2D eigenvalue weighted by atomic mass is 10.2. The van der Waals surface area contributed by atoms with Crippen LogP contribution in [0.2, 0.25) is 0 Å². The summed E-state index contributed by atoms with van der Waals surface area (Å²) in [5.74, 6) is 0.833. The lowest BCUT2D eigenvalue weighted by molar-refractivity contribution is 0.122. The molecular formula is C26H22N8O6S. The van der Waals surface area contributed by atoms with Crippen LogP contribution in [-0.4, -0.2) is 64.6 Å². The third kappa shape index (κ3) is 5.95. The van der Waals surface area contributed by atoms with Crippen LogP contribution in [-0.2, 0) is 4.74 Å². The molecule has 0 unspecified atom stereocenters. The first-order valence-electron chi connectivity index (χ1n) is 12.4. The van der Waals surface area contributed by atoms with Crippen LogP contribution in [0.3, 0.4) is 0 Å². The van der Waals surface area contributed by atoms with Gasteiger partial charge in [0.25, 0.3) is 11.1 Å². The molecular weight excluding hydrogens is 552 g/mol. The number of rotatable bonds is 7. The van der Waals surface area contributed by atoms with Crippen LogP contribution in [0.25, 0.3) is 22.4 Å². The number of urea groups is 1. The third-order valence-electron chi connectivity index (χ3n) is 5.93. The summed E-state index contributed by atoms with van der Waals surface area (Å²) >= 11 is 0.957. The molecule has 3 aromatic heterocycles. The zero-order chi connectivity index (χ0) is 28.2. The van der Waals surface area contributed by atoms with E-state index < -0.39 is 11.7 Å². The van der Waals surface area contributed by atoms with Gasteiger partial charge in [0.05, 0.1) is 26.0 Å². The first-order valence-corrected chi connectivity index (χ1v) is 13.2. The van der Waals surface area contributed by atoms with Crippen molar-refractivity contribution in [3.8, 4) is 17.2 Å². The highest BCUT2D eigenvalue weighted by atomic mass is 32.2. The van der Waals surface area contributed by atoms with E-state index in [-0.39, 0.29) is 27.8 Å². The molecule has 14 nitrogen and oxygen atoms in total. The van der Waals surface area contributed by atoms with Gasteiger partial charge in [-0.2, -0.15) is 15.0 Å². The summed E-state index contributed by atoms with van der Waals surface area (Å²) in [4.78, 5) is 40.6. The molecule has 2 aromatic carbocycles. The largest absolute Gasteiger partial charge is 0.495 e. The van der Waals surface area contributed by atoms with Crippen LogP contribution < -0.4 is 25.9 Å². The number of morpholine rings is 1. The first kappa shape index (κ1) is 26.2. The van der Waals surface area contributed by atoms with Crippen LogP contribution in [0.15, 0.2) is 78.6 Å². The molecule has 5 aromatic rings. The maximum atomic E-state index is 12.8. The van der Waals surface area contributed by atoms with Crippen molar-refractivity contribution in [3.05, 3.63) is 65.0 Å². The summed E-state index contributed by atoms with van der Waals surface area (Å²) in [6.45, 7) is 2.13. The average molecular weight is 575 g/mol. The van der Waals surface area contributed by atoms with Crippen molar-refractivity contribution in [2.75, 3.05) is 48.9 Å². The number of fused-ring (bicyclic) bond motifs is 1. The highest BCUT2D eigenvalue weighted by Crippen LogP contribution is 2.29. The number of anilines is 3. The number of hydrogen-bond acceptors (Lipinski definition) is 13. The molecule has 2 N–H and O–H groups in total. The summed E-state index contributed by atoms with van der Waals surface area (Å²) < 4.78 is 21.8. The predicted octanol–water partition coefficient (Wildman–Crippen LogP) is 3.67.